The number of hydrogen-bond acceptors (Lipinski definition) is 2. The molecular formula is C14H20N2O2. The molecule has 0 radical (unpaired) electrons. The van der Waals surface area contributed by atoms with E-state index in [0.29, 0.717) is 24.9 Å². The van der Waals surface area contributed by atoms with Gasteiger partial charge in [0.2, 0.25) is 5.91 Å². The third-order valence-electron chi connectivity index (χ3n) is 2.79. The van der Waals surface area contributed by atoms with Crippen molar-refractivity contribution in [2.75, 3.05) is 20.1 Å². The third-order valence-corrected chi connectivity index (χ3v) is 2.79. The highest BCUT2D eigenvalue weighted by Crippen LogP contribution is 1.99. The Hall–Kier alpha value is -1.84. The number of nitrogens with one attached hydrogen (secondary N) is 1. The van der Waals surface area contributed by atoms with Crippen LogP contribution in [-0.2, 0) is 4.79 Å². The van der Waals surface area contributed by atoms with Gasteiger partial charge in [-0.3, -0.25) is 9.59 Å². The summed E-state index contributed by atoms with van der Waals surface area (Å²) < 4.78 is 0. The van der Waals surface area contributed by atoms with Crippen LogP contribution in [0.25, 0.3) is 0 Å². The van der Waals surface area contributed by atoms with E-state index in [4.69, 9.17) is 0 Å². The maximum absolute atomic E-state index is 11.7. The molecule has 0 heterocycles. The maximum Gasteiger partial charge on any atom is 0.251 e. The Morgan fingerprint density at radius 3 is 2.50 bits per heavy atom. The number of hydrogen-bond donors (Lipinski definition) is 1. The molecule has 4 nitrogen and oxygen atoms in total. The lowest BCUT2D eigenvalue weighted by Crippen LogP contribution is -2.28. The topological polar surface area (TPSA) is 49.4 Å². The fourth-order valence-corrected chi connectivity index (χ4v) is 1.50. The van der Waals surface area contributed by atoms with Crippen LogP contribution in [0.15, 0.2) is 30.3 Å². The lowest BCUT2D eigenvalue weighted by Gasteiger charge is -2.14. The van der Waals surface area contributed by atoms with Gasteiger partial charge in [0.05, 0.1) is 0 Å². The zero-order valence-electron chi connectivity index (χ0n) is 11.0. The average Bonchev–Trinajstić information content (AvgIpc) is 2.43. The van der Waals surface area contributed by atoms with Gasteiger partial charge in [0.25, 0.3) is 5.91 Å². The van der Waals surface area contributed by atoms with E-state index in [1.165, 1.54) is 0 Å². The fraction of sp³-hybridized carbons (Fsp3) is 0.429. The molecule has 1 N–H and O–H groups in total. The Labute approximate surface area is 108 Å². The molecule has 98 valence electrons. The van der Waals surface area contributed by atoms with E-state index in [0.717, 1.165) is 6.54 Å². The first kappa shape index (κ1) is 14.2. The second-order valence-corrected chi connectivity index (χ2v) is 4.13. The second-order valence-electron chi connectivity index (χ2n) is 4.13. The minimum Gasteiger partial charge on any atom is -0.352 e. The molecule has 18 heavy (non-hydrogen) atoms. The van der Waals surface area contributed by atoms with Crippen LogP contribution in [0.3, 0.4) is 0 Å². The molecule has 1 aromatic carbocycles. The van der Waals surface area contributed by atoms with E-state index in [2.05, 4.69) is 5.32 Å². The summed E-state index contributed by atoms with van der Waals surface area (Å²) in [4.78, 5) is 24.9. The molecule has 0 fully saturated rings. The van der Waals surface area contributed by atoms with Crippen molar-refractivity contribution in [1.29, 1.82) is 0 Å². The van der Waals surface area contributed by atoms with Crippen LogP contribution < -0.4 is 5.32 Å². The molecule has 0 aliphatic heterocycles. The zero-order chi connectivity index (χ0) is 13.4. The smallest absolute Gasteiger partial charge is 0.251 e. The molecule has 0 aromatic heterocycles. The predicted octanol–water partition coefficient (Wildman–Crippen LogP) is 1.67. The Balaban J connectivity index is 2.23. The quantitative estimate of drug-likeness (QED) is 0.779. The first-order valence-electron chi connectivity index (χ1n) is 6.22. The van der Waals surface area contributed by atoms with Gasteiger partial charge >= 0.3 is 0 Å². The molecule has 0 bridgehead atoms. The second kappa shape index (κ2) is 7.48. The van der Waals surface area contributed by atoms with E-state index < -0.39 is 0 Å². The van der Waals surface area contributed by atoms with Gasteiger partial charge in [0, 0.05) is 32.1 Å². The molecule has 1 rings (SSSR count). The fourth-order valence-electron chi connectivity index (χ4n) is 1.50. The van der Waals surface area contributed by atoms with Crippen molar-refractivity contribution < 1.29 is 9.59 Å². The average molecular weight is 248 g/mol. The largest absolute Gasteiger partial charge is 0.352 e. The van der Waals surface area contributed by atoms with E-state index in [9.17, 15) is 9.59 Å². The summed E-state index contributed by atoms with van der Waals surface area (Å²) in [7, 11) is 1.78. The van der Waals surface area contributed by atoms with Crippen molar-refractivity contribution in [2.24, 2.45) is 0 Å². The van der Waals surface area contributed by atoms with Gasteiger partial charge in [-0.05, 0) is 25.5 Å². The normalized spacial score (nSPS) is 9.89. The monoisotopic (exact) mass is 248 g/mol. The van der Waals surface area contributed by atoms with E-state index in [-0.39, 0.29) is 11.8 Å². The number of benzene rings is 1. The lowest BCUT2D eigenvalue weighted by molar-refractivity contribution is -0.129. The highest BCUT2D eigenvalue weighted by atomic mass is 16.2. The summed E-state index contributed by atoms with van der Waals surface area (Å²) in [6.07, 6.45) is 1.14. The van der Waals surface area contributed by atoms with Gasteiger partial charge in [-0.2, -0.15) is 0 Å². The van der Waals surface area contributed by atoms with Gasteiger partial charge in [0.15, 0.2) is 0 Å². The van der Waals surface area contributed by atoms with Crippen molar-refractivity contribution in [2.45, 2.75) is 19.8 Å². The molecule has 0 atom stereocenters. The van der Waals surface area contributed by atoms with Crippen molar-refractivity contribution >= 4 is 11.8 Å². The van der Waals surface area contributed by atoms with E-state index in [1.807, 2.05) is 25.1 Å². The third kappa shape index (κ3) is 4.57. The SMILES string of the molecule is CCN(C)C(=O)CCCNC(=O)c1ccccc1. The zero-order valence-corrected chi connectivity index (χ0v) is 11.0. The molecule has 0 spiro atoms. The molecule has 0 aliphatic carbocycles. The first-order valence-corrected chi connectivity index (χ1v) is 6.22. The van der Waals surface area contributed by atoms with Crippen LogP contribution in [0.5, 0.6) is 0 Å². The van der Waals surface area contributed by atoms with Gasteiger partial charge in [-0.15, -0.1) is 0 Å². The van der Waals surface area contributed by atoms with Crippen molar-refractivity contribution in [3.05, 3.63) is 35.9 Å². The first-order chi connectivity index (χ1) is 8.65. The van der Waals surface area contributed by atoms with Crippen LogP contribution in [0.2, 0.25) is 0 Å². The summed E-state index contributed by atoms with van der Waals surface area (Å²) in [6.45, 7) is 3.18. The number of nitrogens with zero attached hydrogens (tertiary/aromatic N) is 1. The van der Waals surface area contributed by atoms with Gasteiger partial charge in [-0.25, -0.2) is 0 Å². The van der Waals surface area contributed by atoms with Gasteiger partial charge < -0.3 is 10.2 Å². The van der Waals surface area contributed by atoms with Gasteiger partial charge in [0.1, 0.15) is 0 Å². The molecule has 0 aliphatic rings. The molecular weight excluding hydrogens is 228 g/mol. The summed E-state index contributed by atoms with van der Waals surface area (Å²) in [6, 6.07) is 9.07. The molecule has 4 heteroatoms. The van der Waals surface area contributed by atoms with Crippen LogP contribution in [0, 0.1) is 0 Å². The predicted molar refractivity (Wildman–Crippen MR) is 71.3 cm³/mol. The Kier molecular flexibility index (Phi) is 5.91. The van der Waals surface area contributed by atoms with Crippen molar-refractivity contribution in [3.63, 3.8) is 0 Å². The number of amides is 2. The number of carbonyl (C=O) groups is 2. The lowest BCUT2D eigenvalue weighted by atomic mass is 10.2. The Bertz CT molecular complexity index is 390. The summed E-state index contributed by atoms with van der Waals surface area (Å²) in [5.74, 6) is 0.0263. The minimum absolute atomic E-state index is 0.0908. The highest BCUT2D eigenvalue weighted by Gasteiger charge is 2.07. The van der Waals surface area contributed by atoms with Crippen LogP contribution in [0.1, 0.15) is 30.1 Å². The Morgan fingerprint density at radius 2 is 1.89 bits per heavy atom. The summed E-state index contributed by atoms with van der Waals surface area (Å²) >= 11 is 0. The van der Waals surface area contributed by atoms with Crippen LogP contribution in [-0.4, -0.2) is 36.9 Å². The molecule has 0 saturated heterocycles. The van der Waals surface area contributed by atoms with Crippen LogP contribution >= 0.6 is 0 Å². The molecule has 2 amide bonds. The van der Waals surface area contributed by atoms with Crippen molar-refractivity contribution in [3.8, 4) is 0 Å². The Morgan fingerprint density at radius 1 is 1.22 bits per heavy atom. The van der Waals surface area contributed by atoms with Crippen molar-refractivity contribution in [1.82, 2.24) is 10.2 Å². The highest BCUT2D eigenvalue weighted by molar-refractivity contribution is 5.94. The summed E-state index contributed by atoms with van der Waals surface area (Å²) in [5, 5.41) is 2.80. The minimum atomic E-state index is -0.0908. The van der Waals surface area contributed by atoms with Crippen LogP contribution in [0.4, 0.5) is 0 Å². The van der Waals surface area contributed by atoms with E-state index in [1.54, 1.807) is 24.1 Å². The summed E-state index contributed by atoms with van der Waals surface area (Å²) in [5.41, 5.74) is 0.648. The molecule has 1 aromatic rings. The molecule has 0 unspecified atom stereocenters. The molecule has 0 saturated carbocycles. The maximum atomic E-state index is 11.7. The van der Waals surface area contributed by atoms with Gasteiger partial charge in [-0.1, -0.05) is 18.2 Å². The number of rotatable bonds is 6. The number of carbonyl (C=O) groups excluding carboxylic acids is 2. The van der Waals surface area contributed by atoms with E-state index >= 15 is 0 Å². The standard InChI is InChI=1S/C14H20N2O2/c1-3-16(2)13(17)10-7-11-15-14(18)12-8-5-4-6-9-12/h4-6,8-9H,3,7,10-11H2,1-2H3,(H,15,18).